The zero-order chi connectivity index (χ0) is 23.9. The van der Waals surface area contributed by atoms with E-state index in [9.17, 15) is 4.39 Å². The minimum absolute atomic E-state index is 0.167. The Morgan fingerprint density at radius 3 is 2.57 bits per heavy atom. The summed E-state index contributed by atoms with van der Waals surface area (Å²) in [4.78, 5) is 19.0. The van der Waals surface area contributed by atoms with Gasteiger partial charge in [-0.3, -0.25) is 10.00 Å². The van der Waals surface area contributed by atoms with E-state index in [2.05, 4.69) is 37.1 Å². The smallest absolute Gasteiger partial charge is 0.161 e. The number of nitrogens with one attached hydrogen (secondary N) is 1. The van der Waals surface area contributed by atoms with Crippen molar-refractivity contribution in [3.05, 3.63) is 88.9 Å². The van der Waals surface area contributed by atoms with Crippen molar-refractivity contribution in [2.75, 3.05) is 18.0 Å². The van der Waals surface area contributed by atoms with Gasteiger partial charge in [0.1, 0.15) is 11.6 Å². The van der Waals surface area contributed by atoms with Crippen molar-refractivity contribution < 1.29 is 4.39 Å². The van der Waals surface area contributed by atoms with Crippen LogP contribution in [0.1, 0.15) is 34.8 Å². The van der Waals surface area contributed by atoms with E-state index >= 15 is 0 Å². The summed E-state index contributed by atoms with van der Waals surface area (Å²) in [5.74, 6) is 1.50. The molecular formula is C27H28FN7. The van der Waals surface area contributed by atoms with Gasteiger partial charge in [0.2, 0.25) is 0 Å². The standard InChI is InChI=1S/C27H28FN7/c1-17-8-22(11-23-9-18(2)32-33-23)31-27(30-17)20-6-7-26(29-13-20)34-15-24-12-25(16-34)35(24)14-19-4-3-5-21(28)10-19/h3-10,13,24-25H,11-12,14-16H2,1-2H3,(H,32,33). The third-order valence-corrected chi connectivity index (χ3v) is 6.96. The molecule has 0 aliphatic carbocycles. The number of pyridine rings is 1. The molecule has 1 N–H and O–H groups in total. The second kappa shape index (κ2) is 8.85. The first kappa shape index (κ1) is 21.9. The van der Waals surface area contributed by atoms with E-state index in [1.807, 2.05) is 38.2 Å². The van der Waals surface area contributed by atoms with Crippen molar-refractivity contribution in [1.29, 1.82) is 0 Å². The molecule has 0 saturated carbocycles. The number of halogens is 1. The van der Waals surface area contributed by atoms with Crippen LogP contribution < -0.4 is 4.90 Å². The van der Waals surface area contributed by atoms with E-state index in [0.29, 0.717) is 24.3 Å². The molecule has 2 bridgehead atoms. The minimum atomic E-state index is -0.167. The fraction of sp³-hybridized carbons (Fsp3) is 0.333. The van der Waals surface area contributed by atoms with Gasteiger partial charge in [-0.2, -0.15) is 5.10 Å². The summed E-state index contributed by atoms with van der Waals surface area (Å²) in [5, 5.41) is 7.31. The molecule has 3 aliphatic heterocycles. The second-order valence-electron chi connectivity index (χ2n) is 9.70. The summed E-state index contributed by atoms with van der Waals surface area (Å²) >= 11 is 0. The highest BCUT2D eigenvalue weighted by molar-refractivity contribution is 5.57. The van der Waals surface area contributed by atoms with Gasteiger partial charge in [-0.05, 0) is 62.2 Å². The molecule has 2 unspecified atom stereocenters. The first-order valence-electron chi connectivity index (χ1n) is 12.1. The van der Waals surface area contributed by atoms with Crippen LogP contribution in [0, 0.1) is 19.7 Å². The zero-order valence-corrected chi connectivity index (χ0v) is 19.9. The molecule has 3 aliphatic rings. The SMILES string of the molecule is Cc1cc(Cc2cc(C)[nH]n2)nc(-c2ccc(N3CC4CC(C3)N4Cc3cccc(F)c3)nc2)n1. The Labute approximate surface area is 204 Å². The third kappa shape index (κ3) is 4.53. The number of aryl methyl sites for hydroxylation is 2. The summed E-state index contributed by atoms with van der Waals surface area (Å²) in [7, 11) is 0. The van der Waals surface area contributed by atoms with E-state index in [0.717, 1.165) is 59.4 Å². The third-order valence-electron chi connectivity index (χ3n) is 6.96. The summed E-state index contributed by atoms with van der Waals surface area (Å²) in [6, 6.07) is 16.1. The normalized spacial score (nSPS) is 19.6. The Bertz CT molecular complexity index is 1340. The summed E-state index contributed by atoms with van der Waals surface area (Å²) < 4.78 is 13.6. The van der Waals surface area contributed by atoms with E-state index in [1.54, 1.807) is 12.1 Å². The number of piperazine rings is 1. The monoisotopic (exact) mass is 469 g/mol. The number of anilines is 1. The number of H-pyrrole nitrogens is 1. The van der Waals surface area contributed by atoms with Crippen molar-refractivity contribution in [3.63, 3.8) is 0 Å². The van der Waals surface area contributed by atoms with Gasteiger partial charge in [0.25, 0.3) is 0 Å². The van der Waals surface area contributed by atoms with Crippen LogP contribution in [-0.4, -0.2) is 55.2 Å². The Balaban J connectivity index is 1.13. The Morgan fingerprint density at radius 2 is 1.86 bits per heavy atom. The molecule has 3 aromatic heterocycles. The molecule has 0 radical (unpaired) electrons. The van der Waals surface area contributed by atoms with Gasteiger partial charge in [-0.1, -0.05) is 12.1 Å². The van der Waals surface area contributed by atoms with E-state index in [-0.39, 0.29) is 5.82 Å². The number of hydrogen-bond donors (Lipinski definition) is 1. The van der Waals surface area contributed by atoms with E-state index in [4.69, 9.17) is 9.97 Å². The number of fused-ring (bicyclic) bond motifs is 2. The fourth-order valence-corrected chi connectivity index (χ4v) is 5.29. The van der Waals surface area contributed by atoms with Gasteiger partial charge in [0, 0.05) is 61.3 Å². The van der Waals surface area contributed by atoms with Crippen LogP contribution >= 0.6 is 0 Å². The predicted molar refractivity (Wildman–Crippen MR) is 132 cm³/mol. The number of aromatic nitrogens is 5. The van der Waals surface area contributed by atoms with E-state index in [1.165, 1.54) is 12.5 Å². The molecule has 0 spiro atoms. The zero-order valence-electron chi connectivity index (χ0n) is 19.9. The van der Waals surface area contributed by atoms with Gasteiger partial charge >= 0.3 is 0 Å². The molecule has 7 nitrogen and oxygen atoms in total. The molecule has 3 saturated heterocycles. The van der Waals surface area contributed by atoms with Crippen LogP contribution in [0.25, 0.3) is 11.4 Å². The first-order valence-corrected chi connectivity index (χ1v) is 12.1. The molecule has 2 atom stereocenters. The summed E-state index contributed by atoms with van der Waals surface area (Å²) in [5.41, 5.74) is 5.82. The number of aromatic amines is 1. The van der Waals surface area contributed by atoms with E-state index < -0.39 is 0 Å². The number of rotatable bonds is 6. The topological polar surface area (TPSA) is 73.8 Å². The Morgan fingerprint density at radius 1 is 1.00 bits per heavy atom. The van der Waals surface area contributed by atoms with Crippen molar-refractivity contribution >= 4 is 5.82 Å². The highest BCUT2D eigenvalue weighted by Crippen LogP contribution is 2.35. The molecule has 1 aromatic carbocycles. The molecular weight excluding hydrogens is 441 g/mol. The largest absolute Gasteiger partial charge is 0.353 e. The van der Waals surface area contributed by atoms with Gasteiger partial charge in [0.05, 0.1) is 11.4 Å². The predicted octanol–water partition coefficient (Wildman–Crippen LogP) is 4.07. The lowest BCUT2D eigenvalue weighted by molar-refractivity contribution is -0.00874. The van der Waals surface area contributed by atoms with Crippen molar-refractivity contribution in [3.8, 4) is 11.4 Å². The summed E-state index contributed by atoms with van der Waals surface area (Å²) in [6.45, 7) is 6.66. The lowest BCUT2D eigenvalue weighted by Gasteiger charge is -2.56. The molecule has 8 heteroatoms. The lowest BCUT2D eigenvalue weighted by atomic mass is 9.86. The van der Waals surface area contributed by atoms with Gasteiger partial charge < -0.3 is 4.90 Å². The van der Waals surface area contributed by atoms with Gasteiger partial charge in [-0.25, -0.2) is 19.3 Å². The van der Waals surface area contributed by atoms with Crippen LogP contribution in [0.2, 0.25) is 0 Å². The highest BCUT2D eigenvalue weighted by atomic mass is 19.1. The van der Waals surface area contributed by atoms with Gasteiger partial charge in [-0.15, -0.1) is 0 Å². The number of hydrogen-bond acceptors (Lipinski definition) is 6. The van der Waals surface area contributed by atoms with Crippen molar-refractivity contribution in [2.24, 2.45) is 0 Å². The summed E-state index contributed by atoms with van der Waals surface area (Å²) in [6.07, 6.45) is 3.73. The minimum Gasteiger partial charge on any atom is -0.353 e. The lowest BCUT2D eigenvalue weighted by Crippen LogP contribution is -2.68. The average Bonchev–Trinajstić information content (AvgIpc) is 3.26. The fourth-order valence-electron chi connectivity index (χ4n) is 5.29. The van der Waals surface area contributed by atoms with Crippen molar-refractivity contribution in [2.45, 2.75) is 45.3 Å². The number of benzene rings is 1. The van der Waals surface area contributed by atoms with Crippen LogP contribution in [0.15, 0.2) is 54.7 Å². The highest BCUT2D eigenvalue weighted by Gasteiger charge is 2.44. The molecule has 178 valence electrons. The quantitative estimate of drug-likeness (QED) is 0.459. The molecule has 7 rings (SSSR count). The molecule has 4 aromatic rings. The van der Waals surface area contributed by atoms with Crippen LogP contribution in [0.3, 0.4) is 0 Å². The molecule has 35 heavy (non-hydrogen) atoms. The second-order valence-corrected chi connectivity index (χ2v) is 9.70. The Hall–Kier alpha value is -3.65. The average molecular weight is 470 g/mol. The number of nitrogens with zero attached hydrogens (tertiary/aromatic N) is 6. The maximum absolute atomic E-state index is 13.6. The number of piperidine rings is 1. The molecule has 0 amide bonds. The van der Waals surface area contributed by atoms with Crippen molar-refractivity contribution in [1.82, 2.24) is 30.0 Å². The molecule has 3 fully saturated rings. The van der Waals surface area contributed by atoms with Gasteiger partial charge in [0.15, 0.2) is 5.82 Å². The Kier molecular flexibility index (Phi) is 5.53. The van der Waals surface area contributed by atoms with Crippen LogP contribution in [0.4, 0.5) is 10.2 Å². The molecule has 6 heterocycles. The maximum Gasteiger partial charge on any atom is 0.161 e. The maximum atomic E-state index is 13.6. The van der Waals surface area contributed by atoms with Crippen LogP contribution in [0.5, 0.6) is 0 Å². The van der Waals surface area contributed by atoms with Crippen LogP contribution in [-0.2, 0) is 13.0 Å². The first-order chi connectivity index (χ1) is 17.0.